The Balaban J connectivity index is 2.05. The fraction of sp³-hybridized carbons (Fsp3) is 0.167. The maximum atomic E-state index is 12.7. The number of hydrogen-bond donors (Lipinski definition) is 1. The smallest absolute Gasteiger partial charge is 0.310 e. The van der Waals surface area contributed by atoms with E-state index in [4.69, 9.17) is 0 Å². The van der Waals surface area contributed by atoms with Crippen LogP contribution in [0.25, 0.3) is 0 Å². The molecular weight excluding hydrogens is 322 g/mol. The number of phenolic OH excluding ortho intramolecular Hbond substituents is 1. The number of Topliss-reactive ketones (excluding diaryl/α,β-unsaturated/α-hetero) is 1. The maximum absolute atomic E-state index is 12.7. The summed E-state index contributed by atoms with van der Waals surface area (Å²) in [6, 6.07) is 15.7. The quantitative estimate of drug-likeness (QED) is 0.520. The summed E-state index contributed by atoms with van der Waals surface area (Å²) in [7, 11) is 0. The molecule has 1 fully saturated rings. The van der Waals surface area contributed by atoms with Gasteiger partial charge in [-0.1, -0.05) is 36.4 Å². The molecule has 0 spiro atoms. The number of nitrogens with zero attached hydrogens (tertiary/aromatic N) is 3. The molecule has 0 aromatic heterocycles. The fourth-order valence-corrected chi connectivity index (χ4v) is 3.17. The Morgan fingerprint density at radius 3 is 2.36 bits per heavy atom. The summed E-state index contributed by atoms with van der Waals surface area (Å²) in [5, 5.41) is 39.5. The van der Waals surface area contributed by atoms with Gasteiger partial charge in [0.15, 0.2) is 16.9 Å². The van der Waals surface area contributed by atoms with Crippen LogP contribution in [0.1, 0.15) is 21.8 Å². The third-order valence-corrected chi connectivity index (χ3v) is 4.47. The van der Waals surface area contributed by atoms with Crippen LogP contribution in [0, 0.1) is 44.1 Å². The van der Waals surface area contributed by atoms with E-state index in [2.05, 4.69) is 0 Å². The number of rotatable bonds is 4. The van der Waals surface area contributed by atoms with Crippen molar-refractivity contribution in [2.24, 2.45) is 11.3 Å². The van der Waals surface area contributed by atoms with Gasteiger partial charge in [0, 0.05) is 17.5 Å². The highest BCUT2D eigenvalue weighted by atomic mass is 16.6. The van der Waals surface area contributed by atoms with Crippen molar-refractivity contribution >= 4 is 11.5 Å². The summed E-state index contributed by atoms with van der Waals surface area (Å²) in [4.78, 5) is 23.0. The summed E-state index contributed by atoms with van der Waals surface area (Å²) in [6.07, 6.45) is 0. The van der Waals surface area contributed by atoms with Crippen LogP contribution in [0.5, 0.6) is 5.75 Å². The van der Waals surface area contributed by atoms with Crippen molar-refractivity contribution in [3.8, 4) is 17.9 Å². The SMILES string of the molecule is N#CC1(C#N)[C@H](C(=O)c2ccccc2)[C@H]1c1ccc(O)c([N+](=O)[O-])c1. The largest absolute Gasteiger partial charge is 0.502 e. The van der Waals surface area contributed by atoms with Crippen LogP contribution in [0.2, 0.25) is 0 Å². The fourth-order valence-electron chi connectivity index (χ4n) is 3.17. The molecule has 0 radical (unpaired) electrons. The van der Waals surface area contributed by atoms with Crippen LogP contribution in [0.4, 0.5) is 5.69 Å². The van der Waals surface area contributed by atoms with E-state index in [0.717, 1.165) is 12.1 Å². The maximum Gasteiger partial charge on any atom is 0.310 e. The lowest BCUT2D eigenvalue weighted by Gasteiger charge is -2.02. The first-order valence-corrected chi connectivity index (χ1v) is 7.35. The van der Waals surface area contributed by atoms with Crippen molar-refractivity contribution < 1.29 is 14.8 Å². The van der Waals surface area contributed by atoms with Crippen molar-refractivity contribution in [1.82, 2.24) is 0 Å². The van der Waals surface area contributed by atoms with Gasteiger partial charge in [0.1, 0.15) is 0 Å². The Morgan fingerprint density at radius 2 is 1.80 bits per heavy atom. The predicted molar refractivity (Wildman–Crippen MR) is 85.4 cm³/mol. The van der Waals surface area contributed by atoms with Crippen molar-refractivity contribution in [1.29, 1.82) is 10.5 Å². The number of hydrogen-bond acceptors (Lipinski definition) is 6. The van der Waals surface area contributed by atoms with Gasteiger partial charge in [-0.25, -0.2) is 0 Å². The lowest BCUT2D eigenvalue weighted by atomic mass is 10.0. The first kappa shape index (κ1) is 16.2. The second kappa shape index (κ2) is 5.73. The first-order valence-electron chi connectivity index (χ1n) is 7.35. The lowest BCUT2D eigenvalue weighted by molar-refractivity contribution is -0.385. The number of nitriles is 2. The van der Waals surface area contributed by atoms with Crippen molar-refractivity contribution in [2.75, 3.05) is 0 Å². The van der Waals surface area contributed by atoms with E-state index < -0.39 is 33.6 Å². The zero-order chi connectivity index (χ0) is 18.2. The number of nitro benzene ring substituents is 1. The average molecular weight is 333 g/mol. The second-order valence-electron chi connectivity index (χ2n) is 5.78. The Morgan fingerprint density at radius 1 is 1.16 bits per heavy atom. The van der Waals surface area contributed by atoms with E-state index in [0.29, 0.717) is 11.1 Å². The topological polar surface area (TPSA) is 128 Å². The minimum Gasteiger partial charge on any atom is -0.502 e. The van der Waals surface area contributed by atoms with Gasteiger partial charge in [0.25, 0.3) is 0 Å². The molecule has 0 heterocycles. The summed E-state index contributed by atoms with van der Waals surface area (Å²) in [5.41, 5.74) is -1.42. The van der Waals surface area contributed by atoms with Crippen molar-refractivity contribution in [3.63, 3.8) is 0 Å². The molecule has 1 N–H and O–H groups in total. The predicted octanol–water partition coefficient (Wildman–Crippen LogP) is 2.93. The number of carbonyl (C=O) groups excluding carboxylic acids is 1. The molecule has 2 aromatic carbocycles. The molecule has 0 aliphatic heterocycles. The first-order chi connectivity index (χ1) is 12.0. The van der Waals surface area contributed by atoms with E-state index >= 15 is 0 Å². The van der Waals surface area contributed by atoms with Crippen LogP contribution in [-0.4, -0.2) is 15.8 Å². The summed E-state index contributed by atoms with van der Waals surface area (Å²) in [5.74, 6) is -2.56. The molecule has 3 rings (SSSR count). The second-order valence-corrected chi connectivity index (χ2v) is 5.78. The molecule has 1 aliphatic carbocycles. The molecule has 25 heavy (non-hydrogen) atoms. The molecule has 0 bridgehead atoms. The minimum atomic E-state index is -1.57. The van der Waals surface area contributed by atoms with Crippen LogP contribution in [0.15, 0.2) is 48.5 Å². The van der Waals surface area contributed by atoms with Crippen LogP contribution >= 0.6 is 0 Å². The van der Waals surface area contributed by atoms with E-state index in [1.807, 2.05) is 12.1 Å². The Bertz CT molecular complexity index is 943. The molecule has 2 aromatic rings. The zero-order valence-electron chi connectivity index (χ0n) is 12.8. The molecule has 2 atom stereocenters. The third-order valence-electron chi connectivity index (χ3n) is 4.47. The molecule has 7 heteroatoms. The van der Waals surface area contributed by atoms with Crippen molar-refractivity contribution in [2.45, 2.75) is 5.92 Å². The number of nitro groups is 1. The van der Waals surface area contributed by atoms with Gasteiger partial charge in [-0.05, 0) is 11.6 Å². The van der Waals surface area contributed by atoms with Gasteiger partial charge in [0.2, 0.25) is 0 Å². The van der Waals surface area contributed by atoms with E-state index in [-0.39, 0.29) is 5.78 Å². The Kier molecular flexibility index (Phi) is 3.71. The molecule has 1 saturated carbocycles. The molecule has 0 saturated heterocycles. The highest BCUT2D eigenvalue weighted by molar-refractivity contribution is 6.02. The third kappa shape index (κ3) is 2.39. The van der Waals surface area contributed by atoms with Gasteiger partial charge in [0.05, 0.1) is 23.0 Å². The highest BCUT2D eigenvalue weighted by Crippen LogP contribution is 2.65. The Labute approximate surface area is 142 Å². The molecule has 0 amide bonds. The monoisotopic (exact) mass is 333 g/mol. The number of carbonyl (C=O) groups is 1. The van der Waals surface area contributed by atoms with Gasteiger partial charge < -0.3 is 5.11 Å². The number of phenols is 1. The van der Waals surface area contributed by atoms with Gasteiger partial charge in [-0.3, -0.25) is 14.9 Å². The molecular formula is C18H11N3O4. The van der Waals surface area contributed by atoms with Crippen molar-refractivity contribution in [3.05, 3.63) is 69.8 Å². The van der Waals surface area contributed by atoms with Gasteiger partial charge >= 0.3 is 5.69 Å². The Hall–Kier alpha value is -3.71. The summed E-state index contributed by atoms with van der Waals surface area (Å²) in [6.45, 7) is 0. The van der Waals surface area contributed by atoms with Crippen LogP contribution in [-0.2, 0) is 0 Å². The van der Waals surface area contributed by atoms with E-state index in [1.165, 1.54) is 6.07 Å². The number of aromatic hydroxyl groups is 1. The van der Waals surface area contributed by atoms with Crippen LogP contribution < -0.4 is 0 Å². The molecule has 1 aliphatic rings. The molecule has 0 unspecified atom stereocenters. The standard InChI is InChI=1S/C18H11N3O4/c19-9-18(10-20)15(12-6-7-14(22)13(8-12)21(24)25)16(18)17(23)11-4-2-1-3-5-11/h1-8,15-16,22H/t15-,16+/m1/s1. The lowest BCUT2D eigenvalue weighted by Crippen LogP contribution is -2.08. The van der Waals surface area contributed by atoms with E-state index in [9.17, 15) is 30.5 Å². The van der Waals surface area contributed by atoms with Gasteiger partial charge in [-0.2, -0.15) is 10.5 Å². The summed E-state index contributed by atoms with van der Waals surface area (Å²) < 4.78 is 0. The highest BCUT2D eigenvalue weighted by Gasteiger charge is 2.70. The molecule has 7 nitrogen and oxygen atoms in total. The number of benzene rings is 2. The normalized spacial score (nSPS) is 20.1. The van der Waals surface area contributed by atoms with Gasteiger partial charge in [-0.15, -0.1) is 0 Å². The minimum absolute atomic E-state index is 0.307. The van der Waals surface area contributed by atoms with E-state index in [1.54, 1.807) is 30.3 Å². The summed E-state index contributed by atoms with van der Waals surface area (Å²) >= 11 is 0. The zero-order valence-corrected chi connectivity index (χ0v) is 12.8. The van der Waals surface area contributed by atoms with Crippen LogP contribution in [0.3, 0.4) is 0 Å². The average Bonchev–Trinajstić information content (AvgIpc) is 3.31. The number of ketones is 1. The molecule has 122 valence electrons.